The summed E-state index contributed by atoms with van der Waals surface area (Å²) >= 11 is 9.40. The van der Waals surface area contributed by atoms with Gasteiger partial charge in [0.15, 0.2) is 5.15 Å². The fourth-order valence-corrected chi connectivity index (χ4v) is 2.18. The summed E-state index contributed by atoms with van der Waals surface area (Å²) in [6.07, 6.45) is 1.65. The van der Waals surface area contributed by atoms with Crippen molar-refractivity contribution in [3.8, 4) is 6.07 Å². The van der Waals surface area contributed by atoms with Crippen LogP contribution in [-0.4, -0.2) is 4.98 Å². The van der Waals surface area contributed by atoms with E-state index in [4.69, 9.17) is 16.9 Å². The van der Waals surface area contributed by atoms with Crippen LogP contribution in [0.5, 0.6) is 0 Å². The Morgan fingerprint density at radius 2 is 2.05 bits per heavy atom. The molecule has 0 radical (unpaired) electrons. The first-order chi connectivity index (χ1) is 9.10. The van der Waals surface area contributed by atoms with Gasteiger partial charge in [-0.3, -0.25) is 0 Å². The van der Waals surface area contributed by atoms with Crippen LogP contribution >= 0.6 is 27.5 Å². The Hall–Kier alpha value is -1.57. The largest absolute Gasteiger partial charge is 0.376 e. The monoisotopic (exact) mass is 335 g/mol. The second kappa shape index (κ2) is 6.05. The summed E-state index contributed by atoms with van der Waals surface area (Å²) < 4.78 is 0.867. The molecule has 3 nitrogen and oxygen atoms in total. The van der Waals surface area contributed by atoms with Crippen molar-refractivity contribution >= 4 is 33.2 Å². The molecular formula is C14H11BrClN3. The maximum Gasteiger partial charge on any atom is 0.152 e. The van der Waals surface area contributed by atoms with E-state index in [1.807, 2.05) is 25.1 Å². The summed E-state index contributed by atoms with van der Waals surface area (Å²) in [6.45, 7) is 2.03. The summed E-state index contributed by atoms with van der Waals surface area (Å²) in [4.78, 5) is 4.07. The molecule has 0 aliphatic carbocycles. The summed E-state index contributed by atoms with van der Waals surface area (Å²) in [7, 11) is 0. The summed E-state index contributed by atoms with van der Waals surface area (Å²) in [6, 6.07) is 11.5. The maximum atomic E-state index is 8.77. The number of nitrogens with zero attached hydrogens (tertiary/aromatic N) is 2. The third-order valence-corrected chi connectivity index (χ3v) is 3.45. The standard InChI is InChI=1S/C14H11BrClN3/c1-9(11-4-2-10(7-17)3-5-11)19-13-6-12(15)8-18-14(13)16/h2-6,8-9,19H,1H3. The molecule has 5 heteroatoms. The van der Waals surface area contributed by atoms with Crippen molar-refractivity contribution < 1.29 is 0 Å². The molecule has 0 spiro atoms. The van der Waals surface area contributed by atoms with E-state index in [0.717, 1.165) is 15.7 Å². The lowest BCUT2D eigenvalue weighted by Crippen LogP contribution is -2.07. The molecule has 19 heavy (non-hydrogen) atoms. The zero-order chi connectivity index (χ0) is 13.8. The van der Waals surface area contributed by atoms with Crippen LogP contribution < -0.4 is 5.32 Å². The third kappa shape index (κ3) is 3.46. The van der Waals surface area contributed by atoms with Crippen molar-refractivity contribution in [1.29, 1.82) is 5.26 Å². The highest BCUT2D eigenvalue weighted by Gasteiger charge is 2.09. The van der Waals surface area contributed by atoms with Crippen LogP contribution in [0, 0.1) is 11.3 Å². The zero-order valence-corrected chi connectivity index (χ0v) is 12.5. The van der Waals surface area contributed by atoms with Gasteiger partial charge in [-0.25, -0.2) is 4.98 Å². The fourth-order valence-electron chi connectivity index (χ4n) is 1.69. The number of nitrogens with one attached hydrogen (secondary N) is 1. The Balaban J connectivity index is 2.18. The molecule has 1 unspecified atom stereocenters. The normalized spacial score (nSPS) is 11.7. The van der Waals surface area contributed by atoms with Crippen molar-refractivity contribution in [3.05, 3.63) is 57.3 Å². The predicted octanol–water partition coefficient (Wildman–Crippen LogP) is 4.54. The highest BCUT2D eigenvalue weighted by atomic mass is 79.9. The molecule has 1 heterocycles. The van der Waals surface area contributed by atoms with Crippen LogP contribution in [0.3, 0.4) is 0 Å². The van der Waals surface area contributed by atoms with E-state index in [1.165, 1.54) is 0 Å². The van der Waals surface area contributed by atoms with Gasteiger partial charge in [-0.05, 0) is 46.6 Å². The van der Waals surface area contributed by atoms with Crippen LogP contribution in [-0.2, 0) is 0 Å². The first kappa shape index (κ1) is 13.9. The molecule has 1 N–H and O–H groups in total. The average Bonchev–Trinajstić information content (AvgIpc) is 2.43. The fraction of sp³-hybridized carbons (Fsp3) is 0.143. The molecule has 0 saturated heterocycles. The van der Waals surface area contributed by atoms with Crippen molar-refractivity contribution in [2.24, 2.45) is 0 Å². The van der Waals surface area contributed by atoms with Gasteiger partial charge in [-0.15, -0.1) is 0 Å². The second-order valence-corrected chi connectivity index (χ2v) is 5.37. The van der Waals surface area contributed by atoms with Gasteiger partial charge in [0.2, 0.25) is 0 Å². The molecular weight excluding hydrogens is 326 g/mol. The third-order valence-electron chi connectivity index (χ3n) is 2.72. The number of hydrogen-bond acceptors (Lipinski definition) is 3. The van der Waals surface area contributed by atoms with E-state index in [9.17, 15) is 0 Å². The lowest BCUT2D eigenvalue weighted by molar-refractivity contribution is 0.882. The van der Waals surface area contributed by atoms with Gasteiger partial charge in [0, 0.05) is 16.7 Å². The zero-order valence-electron chi connectivity index (χ0n) is 10.2. The van der Waals surface area contributed by atoms with E-state index in [-0.39, 0.29) is 6.04 Å². The molecule has 0 amide bonds. The first-order valence-corrected chi connectivity index (χ1v) is 6.85. The van der Waals surface area contributed by atoms with Gasteiger partial charge in [-0.2, -0.15) is 5.26 Å². The average molecular weight is 337 g/mol. The molecule has 1 aromatic heterocycles. The molecule has 0 saturated carbocycles. The SMILES string of the molecule is CC(Nc1cc(Br)cnc1Cl)c1ccc(C#N)cc1. The topological polar surface area (TPSA) is 48.7 Å². The first-order valence-electron chi connectivity index (χ1n) is 5.68. The number of rotatable bonds is 3. The molecule has 2 rings (SSSR count). The Kier molecular flexibility index (Phi) is 4.41. The number of aromatic nitrogens is 1. The minimum Gasteiger partial charge on any atom is -0.376 e. The molecule has 96 valence electrons. The van der Waals surface area contributed by atoms with E-state index in [2.05, 4.69) is 32.3 Å². The Morgan fingerprint density at radius 1 is 1.37 bits per heavy atom. The van der Waals surface area contributed by atoms with Crippen molar-refractivity contribution in [1.82, 2.24) is 4.98 Å². The predicted molar refractivity (Wildman–Crippen MR) is 80.1 cm³/mol. The van der Waals surface area contributed by atoms with Crippen molar-refractivity contribution in [2.45, 2.75) is 13.0 Å². The van der Waals surface area contributed by atoms with Gasteiger partial charge < -0.3 is 5.32 Å². The Labute approximate surface area is 125 Å². The molecule has 2 aromatic rings. The van der Waals surface area contributed by atoms with Crippen LogP contribution in [0.1, 0.15) is 24.1 Å². The Bertz CT molecular complexity index is 620. The van der Waals surface area contributed by atoms with Gasteiger partial charge >= 0.3 is 0 Å². The van der Waals surface area contributed by atoms with E-state index in [1.54, 1.807) is 18.3 Å². The van der Waals surface area contributed by atoms with Crippen LogP contribution in [0.25, 0.3) is 0 Å². The van der Waals surface area contributed by atoms with Gasteiger partial charge in [0.25, 0.3) is 0 Å². The second-order valence-electron chi connectivity index (χ2n) is 4.09. The molecule has 0 fully saturated rings. The van der Waals surface area contributed by atoms with E-state index in [0.29, 0.717) is 10.7 Å². The number of nitriles is 1. The van der Waals surface area contributed by atoms with Gasteiger partial charge in [0.05, 0.1) is 17.3 Å². The van der Waals surface area contributed by atoms with Gasteiger partial charge in [0.1, 0.15) is 0 Å². The lowest BCUT2D eigenvalue weighted by Gasteiger charge is -2.16. The lowest BCUT2D eigenvalue weighted by atomic mass is 10.1. The number of halogens is 2. The summed E-state index contributed by atoms with van der Waals surface area (Å²) in [5.41, 5.74) is 2.50. The molecule has 1 atom stereocenters. The van der Waals surface area contributed by atoms with Crippen LogP contribution in [0.4, 0.5) is 5.69 Å². The Morgan fingerprint density at radius 3 is 2.68 bits per heavy atom. The molecule has 0 aliphatic rings. The number of hydrogen-bond donors (Lipinski definition) is 1. The number of pyridine rings is 1. The summed E-state index contributed by atoms with van der Waals surface area (Å²) in [5.74, 6) is 0. The smallest absolute Gasteiger partial charge is 0.152 e. The highest BCUT2D eigenvalue weighted by molar-refractivity contribution is 9.10. The van der Waals surface area contributed by atoms with Crippen LogP contribution in [0.2, 0.25) is 5.15 Å². The van der Waals surface area contributed by atoms with E-state index >= 15 is 0 Å². The molecule has 1 aromatic carbocycles. The van der Waals surface area contributed by atoms with Gasteiger partial charge in [-0.1, -0.05) is 23.7 Å². The van der Waals surface area contributed by atoms with Crippen molar-refractivity contribution in [2.75, 3.05) is 5.32 Å². The molecule has 0 bridgehead atoms. The number of benzene rings is 1. The minimum atomic E-state index is 0.0707. The van der Waals surface area contributed by atoms with Crippen LogP contribution in [0.15, 0.2) is 41.0 Å². The minimum absolute atomic E-state index is 0.0707. The van der Waals surface area contributed by atoms with Crippen molar-refractivity contribution in [3.63, 3.8) is 0 Å². The number of anilines is 1. The van der Waals surface area contributed by atoms with E-state index < -0.39 is 0 Å². The molecule has 0 aliphatic heterocycles. The highest BCUT2D eigenvalue weighted by Crippen LogP contribution is 2.27. The maximum absolute atomic E-state index is 8.77. The summed E-state index contributed by atoms with van der Waals surface area (Å²) in [5, 5.41) is 12.5. The quantitative estimate of drug-likeness (QED) is 0.837.